The highest BCUT2D eigenvalue weighted by Gasteiger charge is 2.42. The van der Waals surface area contributed by atoms with Crippen LogP contribution in [0.1, 0.15) is 32.1 Å². The molecule has 1 heterocycles. The molecule has 3 nitrogen and oxygen atoms in total. The number of esters is 1. The van der Waals surface area contributed by atoms with Crippen molar-refractivity contribution in [1.82, 2.24) is 0 Å². The molecule has 2 fully saturated rings. The van der Waals surface area contributed by atoms with Crippen LogP contribution in [-0.4, -0.2) is 24.3 Å². The quantitative estimate of drug-likeness (QED) is 0.621. The summed E-state index contributed by atoms with van der Waals surface area (Å²) in [7, 11) is 0. The number of carbonyl (C=O) groups excluding carboxylic acids is 1. The highest BCUT2D eigenvalue weighted by Crippen LogP contribution is 2.44. The summed E-state index contributed by atoms with van der Waals surface area (Å²) in [5.74, 6) is 0.420. The number of aliphatic hydroxyl groups excluding tert-OH is 1. The molecule has 0 unspecified atom stereocenters. The van der Waals surface area contributed by atoms with Gasteiger partial charge in [0.25, 0.3) is 0 Å². The Morgan fingerprint density at radius 2 is 2.15 bits per heavy atom. The van der Waals surface area contributed by atoms with E-state index in [0.717, 1.165) is 25.7 Å². The highest BCUT2D eigenvalue weighted by atomic mass is 16.5. The first-order valence-corrected chi connectivity index (χ1v) is 5.01. The van der Waals surface area contributed by atoms with Gasteiger partial charge in [-0.05, 0) is 31.6 Å². The minimum Gasteiger partial charge on any atom is -0.465 e. The van der Waals surface area contributed by atoms with Crippen molar-refractivity contribution in [3.05, 3.63) is 0 Å². The van der Waals surface area contributed by atoms with E-state index >= 15 is 0 Å². The Hall–Kier alpha value is -0.570. The third kappa shape index (κ3) is 1.70. The van der Waals surface area contributed by atoms with Crippen molar-refractivity contribution in [3.63, 3.8) is 0 Å². The number of carbonyl (C=O) groups is 1. The zero-order valence-corrected chi connectivity index (χ0v) is 7.79. The molecule has 1 saturated heterocycles. The molecule has 0 atom stereocenters. The molecule has 2 rings (SSSR count). The van der Waals surface area contributed by atoms with Gasteiger partial charge >= 0.3 is 5.97 Å². The lowest BCUT2D eigenvalue weighted by Crippen LogP contribution is -2.29. The molecule has 0 aromatic rings. The summed E-state index contributed by atoms with van der Waals surface area (Å²) in [6.07, 6.45) is 4.79. The normalized spacial score (nSPS) is 39.5. The minimum atomic E-state index is -0.0394. The molecule has 3 heteroatoms. The Kier molecular flexibility index (Phi) is 2.28. The lowest BCUT2D eigenvalue weighted by atomic mass is 9.70. The Bertz CT molecular complexity index is 204. The van der Waals surface area contributed by atoms with E-state index in [-0.39, 0.29) is 11.4 Å². The van der Waals surface area contributed by atoms with Crippen molar-refractivity contribution >= 4 is 5.97 Å². The topological polar surface area (TPSA) is 46.5 Å². The van der Waals surface area contributed by atoms with Gasteiger partial charge in [0, 0.05) is 12.0 Å². The van der Waals surface area contributed by atoms with Gasteiger partial charge in [-0.3, -0.25) is 4.79 Å². The van der Waals surface area contributed by atoms with Gasteiger partial charge < -0.3 is 9.84 Å². The predicted octanol–water partition coefficient (Wildman–Crippen LogP) is 1.10. The van der Waals surface area contributed by atoms with Gasteiger partial charge in [-0.25, -0.2) is 0 Å². The van der Waals surface area contributed by atoms with Gasteiger partial charge in [0.15, 0.2) is 0 Å². The SMILES string of the molecule is O=C1CC2(CCC(CO)CC2)CO1. The lowest BCUT2D eigenvalue weighted by Gasteiger charge is -2.34. The number of rotatable bonds is 1. The summed E-state index contributed by atoms with van der Waals surface area (Å²) in [6, 6.07) is 0. The van der Waals surface area contributed by atoms with Crippen LogP contribution in [0.5, 0.6) is 0 Å². The summed E-state index contributed by atoms with van der Waals surface area (Å²) in [5, 5.41) is 8.98. The Labute approximate surface area is 78.1 Å². The van der Waals surface area contributed by atoms with Crippen LogP contribution in [0.4, 0.5) is 0 Å². The van der Waals surface area contributed by atoms with Gasteiger partial charge in [-0.1, -0.05) is 0 Å². The van der Waals surface area contributed by atoms with Crippen molar-refractivity contribution in [2.45, 2.75) is 32.1 Å². The Morgan fingerprint density at radius 3 is 2.62 bits per heavy atom. The van der Waals surface area contributed by atoms with Gasteiger partial charge in [-0.15, -0.1) is 0 Å². The summed E-state index contributed by atoms with van der Waals surface area (Å²) in [4.78, 5) is 11.0. The monoisotopic (exact) mass is 184 g/mol. The molecule has 1 spiro atoms. The lowest BCUT2D eigenvalue weighted by molar-refractivity contribution is -0.137. The second kappa shape index (κ2) is 3.29. The van der Waals surface area contributed by atoms with Gasteiger partial charge in [0.1, 0.15) is 0 Å². The molecule has 0 aromatic carbocycles. The molecule has 1 aliphatic carbocycles. The van der Waals surface area contributed by atoms with Crippen molar-refractivity contribution in [2.75, 3.05) is 13.2 Å². The maximum Gasteiger partial charge on any atom is 0.306 e. The highest BCUT2D eigenvalue weighted by molar-refractivity contribution is 5.72. The zero-order chi connectivity index (χ0) is 9.31. The van der Waals surface area contributed by atoms with Crippen molar-refractivity contribution in [2.24, 2.45) is 11.3 Å². The molecule has 0 amide bonds. The first-order valence-electron chi connectivity index (χ1n) is 5.01. The van der Waals surface area contributed by atoms with E-state index in [0.29, 0.717) is 25.6 Å². The molecule has 1 aliphatic heterocycles. The molecule has 0 bridgehead atoms. The fourth-order valence-corrected chi connectivity index (χ4v) is 2.44. The molecule has 74 valence electrons. The third-order valence-electron chi connectivity index (χ3n) is 3.48. The molecular weight excluding hydrogens is 168 g/mol. The van der Waals surface area contributed by atoms with E-state index in [1.807, 2.05) is 0 Å². The number of cyclic esters (lactones) is 1. The summed E-state index contributed by atoms with van der Waals surface area (Å²) in [6.45, 7) is 0.912. The number of ether oxygens (including phenoxy) is 1. The van der Waals surface area contributed by atoms with Crippen LogP contribution < -0.4 is 0 Å². The van der Waals surface area contributed by atoms with E-state index in [2.05, 4.69) is 0 Å². The molecule has 2 aliphatic rings. The van der Waals surface area contributed by atoms with Gasteiger partial charge in [-0.2, -0.15) is 0 Å². The van der Waals surface area contributed by atoms with E-state index in [4.69, 9.17) is 9.84 Å². The summed E-state index contributed by atoms with van der Waals surface area (Å²) >= 11 is 0. The number of hydrogen-bond acceptors (Lipinski definition) is 3. The average Bonchev–Trinajstić information content (AvgIpc) is 2.49. The third-order valence-corrected chi connectivity index (χ3v) is 3.48. The van der Waals surface area contributed by atoms with Crippen LogP contribution in [0.2, 0.25) is 0 Å². The fourth-order valence-electron chi connectivity index (χ4n) is 2.44. The number of aliphatic hydroxyl groups is 1. The minimum absolute atomic E-state index is 0.0394. The molecule has 0 radical (unpaired) electrons. The fraction of sp³-hybridized carbons (Fsp3) is 0.900. The van der Waals surface area contributed by atoms with Crippen LogP contribution >= 0.6 is 0 Å². The maximum absolute atomic E-state index is 11.0. The maximum atomic E-state index is 11.0. The average molecular weight is 184 g/mol. The van der Waals surface area contributed by atoms with Gasteiger partial charge in [0.05, 0.1) is 13.0 Å². The largest absolute Gasteiger partial charge is 0.465 e. The summed E-state index contributed by atoms with van der Waals surface area (Å²) in [5.41, 5.74) is 0.142. The molecule has 13 heavy (non-hydrogen) atoms. The van der Waals surface area contributed by atoms with E-state index in [9.17, 15) is 4.79 Å². The Morgan fingerprint density at radius 1 is 1.46 bits per heavy atom. The van der Waals surface area contributed by atoms with Crippen molar-refractivity contribution in [1.29, 1.82) is 0 Å². The first-order chi connectivity index (χ1) is 6.24. The van der Waals surface area contributed by atoms with Crippen LogP contribution in [0.15, 0.2) is 0 Å². The van der Waals surface area contributed by atoms with Crippen LogP contribution in [0, 0.1) is 11.3 Å². The van der Waals surface area contributed by atoms with Gasteiger partial charge in [0.2, 0.25) is 0 Å². The zero-order valence-electron chi connectivity index (χ0n) is 7.79. The summed E-state index contributed by atoms with van der Waals surface area (Å²) < 4.78 is 5.01. The van der Waals surface area contributed by atoms with Crippen LogP contribution in [0.25, 0.3) is 0 Å². The van der Waals surface area contributed by atoms with Crippen molar-refractivity contribution < 1.29 is 14.6 Å². The second-order valence-electron chi connectivity index (χ2n) is 4.46. The molecule has 1 N–H and O–H groups in total. The standard InChI is InChI=1S/C10H16O3/c11-6-8-1-3-10(4-2-8)5-9(12)13-7-10/h8,11H,1-7H2. The Balaban J connectivity index is 1.93. The second-order valence-corrected chi connectivity index (χ2v) is 4.46. The number of hydrogen-bond donors (Lipinski definition) is 1. The molecule has 1 saturated carbocycles. The van der Waals surface area contributed by atoms with E-state index in [1.54, 1.807) is 0 Å². The van der Waals surface area contributed by atoms with E-state index < -0.39 is 0 Å². The van der Waals surface area contributed by atoms with Crippen molar-refractivity contribution in [3.8, 4) is 0 Å². The van der Waals surface area contributed by atoms with Crippen LogP contribution in [0.3, 0.4) is 0 Å². The van der Waals surface area contributed by atoms with E-state index in [1.165, 1.54) is 0 Å². The predicted molar refractivity (Wildman–Crippen MR) is 47.1 cm³/mol. The van der Waals surface area contributed by atoms with Crippen LogP contribution in [-0.2, 0) is 9.53 Å². The first kappa shape index (κ1) is 9.00. The molecular formula is C10H16O3. The molecule has 0 aromatic heterocycles. The smallest absolute Gasteiger partial charge is 0.306 e.